The molecule has 0 amide bonds. The van der Waals surface area contributed by atoms with Gasteiger partial charge in [0.2, 0.25) is 0 Å². The third-order valence-corrected chi connectivity index (χ3v) is 2.02. The van der Waals surface area contributed by atoms with Crippen molar-refractivity contribution < 1.29 is 4.39 Å². The molecule has 0 fully saturated rings. The van der Waals surface area contributed by atoms with Crippen LogP contribution in [0.15, 0.2) is 6.07 Å². The Morgan fingerprint density at radius 2 is 1.85 bits per heavy atom. The van der Waals surface area contributed by atoms with Crippen LogP contribution in [0.1, 0.15) is 22.3 Å². The van der Waals surface area contributed by atoms with Crippen molar-refractivity contribution in [3.8, 4) is 12.1 Å². The van der Waals surface area contributed by atoms with Crippen LogP contribution < -0.4 is 0 Å². The summed E-state index contributed by atoms with van der Waals surface area (Å²) in [7, 11) is 0. The first-order valence-corrected chi connectivity index (χ1v) is 3.71. The Morgan fingerprint density at radius 1 is 1.23 bits per heavy atom. The molecule has 0 unspecified atom stereocenters. The van der Waals surface area contributed by atoms with Gasteiger partial charge in [-0.2, -0.15) is 10.5 Å². The van der Waals surface area contributed by atoms with Crippen LogP contribution in [-0.2, 0) is 0 Å². The van der Waals surface area contributed by atoms with Crippen molar-refractivity contribution in [2.75, 3.05) is 0 Å². The Hall–Kier alpha value is -1.87. The molecule has 0 saturated carbocycles. The van der Waals surface area contributed by atoms with Crippen molar-refractivity contribution in [3.63, 3.8) is 0 Å². The molecule has 0 aliphatic heterocycles. The lowest BCUT2D eigenvalue weighted by Gasteiger charge is -2.04. The van der Waals surface area contributed by atoms with Gasteiger partial charge in [0.15, 0.2) is 5.82 Å². The van der Waals surface area contributed by atoms with E-state index in [-0.39, 0.29) is 11.1 Å². The topological polar surface area (TPSA) is 47.6 Å². The standard InChI is InChI=1S/C10H7FN2/c1-6-3-8(4-12)10(11)9(5-13)7(6)2/h3H,1-2H3. The molecule has 0 aromatic heterocycles. The van der Waals surface area contributed by atoms with Crippen molar-refractivity contribution in [1.29, 1.82) is 10.5 Å². The van der Waals surface area contributed by atoms with Crippen LogP contribution in [0.4, 0.5) is 4.39 Å². The maximum atomic E-state index is 13.3. The lowest BCUT2D eigenvalue weighted by Crippen LogP contribution is -1.96. The maximum Gasteiger partial charge on any atom is 0.158 e. The molecule has 0 atom stereocenters. The van der Waals surface area contributed by atoms with E-state index in [2.05, 4.69) is 0 Å². The molecule has 0 bridgehead atoms. The first kappa shape index (κ1) is 9.22. The molecule has 13 heavy (non-hydrogen) atoms. The molecule has 2 nitrogen and oxygen atoms in total. The zero-order valence-electron chi connectivity index (χ0n) is 7.35. The predicted octanol–water partition coefficient (Wildman–Crippen LogP) is 2.19. The Labute approximate surface area is 75.8 Å². The van der Waals surface area contributed by atoms with Gasteiger partial charge in [-0.25, -0.2) is 4.39 Å². The van der Waals surface area contributed by atoms with Gasteiger partial charge in [0.25, 0.3) is 0 Å². The van der Waals surface area contributed by atoms with E-state index in [0.29, 0.717) is 5.56 Å². The van der Waals surface area contributed by atoms with Crippen molar-refractivity contribution >= 4 is 0 Å². The largest absolute Gasteiger partial charge is 0.204 e. The van der Waals surface area contributed by atoms with E-state index >= 15 is 0 Å². The number of benzene rings is 1. The van der Waals surface area contributed by atoms with Crippen LogP contribution in [0.2, 0.25) is 0 Å². The summed E-state index contributed by atoms with van der Waals surface area (Å²) >= 11 is 0. The van der Waals surface area contributed by atoms with Crippen molar-refractivity contribution in [2.45, 2.75) is 13.8 Å². The van der Waals surface area contributed by atoms with Gasteiger partial charge in [-0.1, -0.05) is 0 Å². The number of hydrogen-bond acceptors (Lipinski definition) is 2. The second-order valence-electron chi connectivity index (χ2n) is 2.78. The highest BCUT2D eigenvalue weighted by atomic mass is 19.1. The number of aryl methyl sites for hydroxylation is 1. The molecule has 0 heterocycles. The average Bonchev–Trinajstić information content (AvgIpc) is 2.12. The maximum absolute atomic E-state index is 13.3. The molecule has 0 aliphatic rings. The molecule has 0 spiro atoms. The summed E-state index contributed by atoms with van der Waals surface area (Å²) in [5, 5.41) is 17.2. The second kappa shape index (κ2) is 3.25. The number of halogens is 1. The summed E-state index contributed by atoms with van der Waals surface area (Å²) < 4.78 is 13.3. The SMILES string of the molecule is Cc1cc(C#N)c(F)c(C#N)c1C. The van der Waals surface area contributed by atoms with E-state index in [9.17, 15) is 4.39 Å². The number of nitriles is 2. The quantitative estimate of drug-likeness (QED) is 0.605. The summed E-state index contributed by atoms with van der Waals surface area (Å²) in [5.74, 6) is -0.715. The molecule has 1 aromatic rings. The lowest BCUT2D eigenvalue weighted by atomic mass is 10.00. The predicted molar refractivity (Wildman–Crippen MR) is 45.3 cm³/mol. The van der Waals surface area contributed by atoms with Gasteiger partial charge >= 0.3 is 0 Å². The first-order valence-electron chi connectivity index (χ1n) is 3.71. The fourth-order valence-electron chi connectivity index (χ4n) is 1.10. The zero-order valence-corrected chi connectivity index (χ0v) is 7.35. The number of hydrogen-bond donors (Lipinski definition) is 0. The van der Waals surface area contributed by atoms with E-state index in [1.54, 1.807) is 26.0 Å². The summed E-state index contributed by atoms with van der Waals surface area (Å²) in [4.78, 5) is 0. The van der Waals surface area contributed by atoms with Gasteiger partial charge in [-0.15, -0.1) is 0 Å². The van der Waals surface area contributed by atoms with Crippen LogP contribution >= 0.6 is 0 Å². The summed E-state index contributed by atoms with van der Waals surface area (Å²) in [6, 6.07) is 4.91. The van der Waals surface area contributed by atoms with Crippen molar-refractivity contribution in [1.82, 2.24) is 0 Å². The van der Waals surface area contributed by atoms with Crippen molar-refractivity contribution in [2.24, 2.45) is 0 Å². The molecule has 0 N–H and O–H groups in total. The van der Waals surface area contributed by atoms with Crippen LogP contribution in [-0.4, -0.2) is 0 Å². The molecule has 0 aliphatic carbocycles. The molecular formula is C10H7FN2. The second-order valence-corrected chi connectivity index (χ2v) is 2.78. The van der Waals surface area contributed by atoms with Crippen LogP contribution in [0.3, 0.4) is 0 Å². The van der Waals surface area contributed by atoms with Crippen LogP contribution in [0.25, 0.3) is 0 Å². The third kappa shape index (κ3) is 1.37. The summed E-state index contributed by atoms with van der Waals surface area (Å²) in [6.07, 6.45) is 0. The van der Waals surface area contributed by atoms with Gasteiger partial charge in [-0.05, 0) is 31.0 Å². The highest BCUT2D eigenvalue weighted by Crippen LogP contribution is 2.19. The Balaban J connectivity index is 3.63. The molecule has 3 heteroatoms. The minimum atomic E-state index is -0.715. The van der Waals surface area contributed by atoms with Gasteiger partial charge < -0.3 is 0 Å². The average molecular weight is 174 g/mol. The molecular weight excluding hydrogens is 167 g/mol. The van der Waals surface area contributed by atoms with Crippen LogP contribution in [0.5, 0.6) is 0 Å². The first-order chi connectivity index (χ1) is 6.11. The number of rotatable bonds is 0. The summed E-state index contributed by atoms with van der Waals surface area (Å²) in [5.41, 5.74) is 1.25. The highest BCUT2D eigenvalue weighted by Gasteiger charge is 2.12. The molecule has 0 radical (unpaired) electrons. The molecule has 64 valence electrons. The van der Waals surface area contributed by atoms with Crippen LogP contribution in [0, 0.1) is 42.3 Å². The Morgan fingerprint density at radius 3 is 2.31 bits per heavy atom. The number of nitrogens with zero attached hydrogens (tertiary/aromatic N) is 2. The van der Waals surface area contributed by atoms with E-state index < -0.39 is 5.82 Å². The van der Waals surface area contributed by atoms with E-state index in [1.165, 1.54) is 6.07 Å². The lowest BCUT2D eigenvalue weighted by molar-refractivity contribution is 0.618. The van der Waals surface area contributed by atoms with Crippen molar-refractivity contribution in [3.05, 3.63) is 34.1 Å². The Bertz CT molecular complexity index is 436. The zero-order chi connectivity index (χ0) is 10.0. The monoisotopic (exact) mass is 174 g/mol. The van der Waals surface area contributed by atoms with E-state index in [4.69, 9.17) is 10.5 Å². The van der Waals surface area contributed by atoms with Gasteiger partial charge in [0.05, 0.1) is 11.1 Å². The van der Waals surface area contributed by atoms with Gasteiger partial charge in [-0.3, -0.25) is 0 Å². The summed E-state index contributed by atoms with van der Waals surface area (Å²) in [6.45, 7) is 3.41. The minimum absolute atomic E-state index is 0.0310. The third-order valence-electron chi connectivity index (χ3n) is 2.02. The fraction of sp³-hybridized carbons (Fsp3) is 0.200. The molecule has 1 rings (SSSR count). The minimum Gasteiger partial charge on any atom is -0.204 e. The van der Waals surface area contributed by atoms with E-state index in [1.807, 2.05) is 0 Å². The van der Waals surface area contributed by atoms with E-state index in [0.717, 1.165) is 5.56 Å². The smallest absolute Gasteiger partial charge is 0.158 e. The van der Waals surface area contributed by atoms with Gasteiger partial charge in [0, 0.05) is 0 Å². The van der Waals surface area contributed by atoms with Gasteiger partial charge in [0.1, 0.15) is 12.1 Å². The molecule has 0 saturated heterocycles. The normalized spacial score (nSPS) is 9.00. The Kier molecular flexibility index (Phi) is 2.30. The highest BCUT2D eigenvalue weighted by molar-refractivity contribution is 5.49. The fourth-order valence-corrected chi connectivity index (χ4v) is 1.10. The molecule has 1 aromatic carbocycles.